The molecule has 3 rings (SSSR count). The molecule has 0 fully saturated rings. The molecular weight excluding hydrogens is 276 g/mol. The summed E-state index contributed by atoms with van der Waals surface area (Å²) < 4.78 is 0.470. The largest absolute Gasteiger partial charge is 0.345 e. The summed E-state index contributed by atoms with van der Waals surface area (Å²) in [5.74, 6) is 0. The first-order valence-electron chi connectivity index (χ1n) is 6.58. The Kier molecular flexibility index (Phi) is 3.63. The van der Waals surface area contributed by atoms with Gasteiger partial charge in [-0.1, -0.05) is 72.9 Å². The van der Waals surface area contributed by atoms with E-state index in [0.717, 1.165) is 22.4 Å². The van der Waals surface area contributed by atoms with E-state index in [0.29, 0.717) is 10.2 Å². The van der Waals surface area contributed by atoms with Gasteiger partial charge < -0.3 is 4.98 Å². The number of nitrogens with one attached hydrogen (secondary N) is 1. The van der Waals surface area contributed by atoms with Gasteiger partial charge in [0.1, 0.15) is 10.7 Å². The minimum atomic E-state index is 0.470. The van der Waals surface area contributed by atoms with Gasteiger partial charge in [-0.15, -0.1) is 0 Å². The molecule has 21 heavy (non-hydrogen) atoms. The van der Waals surface area contributed by atoms with Crippen molar-refractivity contribution >= 4 is 12.2 Å². The van der Waals surface area contributed by atoms with Crippen LogP contribution in [0.15, 0.2) is 66.7 Å². The minimum absolute atomic E-state index is 0.470. The smallest absolute Gasteiger partial charge is 0.122 e. The number of hydrogen-bond donors (Lipinski definition) is 1. The highest BCUT2D eigenvalue weighted by Gasteiger charge is 2.10. The van der Waals surface area contributed by atoms with Crippen LogP contribution in [0.4, 0.5) is 0 Å². The van der Waals surface area contributed by atoms with Crippen molar-refractivity contribution in [2.45, 2.75) is 0 Å². The number of aromatic amines is 1. The lowest BCUT2D eigenvalue weighted by molar-refractivity contribution is 1.27. The number of benzene rings is 2. The number of H-pyrrole nitrogens is 1. The molecule has 2 nitrogen and oxygen atoms in total. The third-order valence-electron chi connectivity index (χ3n) is 3.31. The normalized spacial score (nSPS) is 10.0. The standard InChI is InChI=1S/C18H12N2S/c19-12-16-15(13-7-3-1-4-8-13)11-17(20-18(16)21)14-9-5-2-6-10-14/h1-11H,(H,20,21). The van der Waals surface area contributed by atoms with Crippen LogP contribution < -0.4 is 0 Å². The zero-order valence-corrected chi connectivity index (χ0v) is 12.0. The predicted molar refractivity (Wildman–Crippen MR) is 87.2 cm³/mol. The SMILES string of the molecule is N#Cc1c(-c2ccccc2)cc(-c2ccccc2)[nH]c1=S. The quantitative estimate of drug-likeness (QED) is 0.678. The average Bonchev–Trinajstić information content (AvgIpc) is 2.55. The molecule has 3 heteroatoms. The van der Waals surface area contributed by atoms with Gasteiger partial charge in [-0.2, -0.15) is 5.26 Å². The van der Waals surface area contributed by atoms with Crippen LogP contribution >= 0.6 is 12.2 Å². The minimum Gasteiger partial charge on any atom is -0.345 e. The number of nitriles is 1. The molecule has 1 aromatic heterocycles. The van der Waals surface area contributed by atoms with Gasteiger partial charge in [-0.25, -0.2) is 0 Å². The fourth-order valence-electron chi connectivity index (χ4n) is 2.29. The zero-order chi connectivity index (χ0) is 14.7. The molecule has 0 unspecified atom stereocenters. The lowest BCUT2D eigenvalue weighted by atomic mass is 9.99. The van der Waals surface area contributed by atoms with Crippen LogP contribution in [-0.2, 0) is 0 Å². The maximum atomic E-state index is 9.39. The van der Waals surface area contributed by atoms with Gasteiger partial charge in [-0.3, -0.25) is 0 Å². The van der Waals surface area contributed by atoms with E-state index in [1.54, 1.807) is 0 Å². The molecular formula is C18H12N2S. The van der Waals surface area contributed by atoms with Crippen LogP contribution in [0.25, 0.3) is 22.4 Å². The van der Waals surface area contributed by atoms with E-state index in [1.807, 2.05) is 66.7 Å². The Morgan fingerprint density at radius 2 is 1.43 bits per heavy atom. The van der Waals surface area contributed by atoms with Gasteiger partial charge in [0.2, 0.25) is 0 Å². The summed E-state index contributed by atoms with van der Waals surface area (Å²) in [5.41, 5.74) is 4.33. The fourth-order valence-corrected chi connectivity index (χ4v) is 2.55. The molecule has 0 aliphatic carbocycles. The Morgan fingerprint density at radius 1 is 0.857 bits per heavy atom. The summed E-state index contributed by atoms with van der Waals surface area (Å²) in [6.07, 6.45) is 0. The Balaban J connectivity index is 2.27. The van der Waals surface area contributed by atoms with Crippen LogP contribution in [0, 0.1) is 16.0 Å². The molecule has 0 spiro atoms. The van der Waals surface area contributed by atoms with Crippen molar-refractivity contribution in [3.8, 4) is 28.5 Å². The van der Waals surface area contributed by atoms with Crippen molar-refractivity contribution in [2.24, 2.45) is 0 Å². The van der Waals surface area contributed by atoms with Gasteiger partial charge in [0.25, 0.3) is 0 Å². The molecule has 0 radical (unpaired) electrons. The Morgan fingerprint density at radius 3 is 2.00 bits per heavy atom. The van der Waals surface area contributed by atoms with Crippen molar-refractivity contribution in [3.63, 3.8) is 0 Å². The van der Waals surface area contributed by atoms with Crippen LogP contribution in [-0.4, -0.2) is 4.98 Å². The van der Waals surface area contributed by atoms with Gasteiger partial charge in [-0.05, 0) is 17.2 Å². The van der Waals surface area contributed by atoms with Crippen LogP contribution in [0.5, 0.6) is 0 Å². The van der Waals surface area contributed by atoms with E-state index in [1.165, 1.54) is 0 Å². The van der Waals surface area contributed by atoms with E-state index in [-0.39, 0.29) is 0 Å². The highest BCUT2D eigenvalue weighted by atomic mass is 32.1. The molecule has 0 bridgehead atoms. The topological polar surface area (TPSA) is 39.6 Å². The number of nitrogens with zero attached hydrogens (tertiary/aromatic N) is 1. The number of rotatable bonds is 2. The first-order chi connectivity index (χ1) is 10.3. The second kappa shape index (κ2) is 5.74. The summed E-state index contributed by atoms with van der Waals surface area (Å²) in [4.78, 5) is 3.15. The molecule has 0 aliphatic rings. The van der Waals surface area contributed by atoms with Gasteiger partial charge >= 0.3 is 0 Å². The highest BCUT2D eigenvalue weighted by molar-refractivity contribution is 7.71. The van der Waals surface area contributed by atoms with E-state index in [9.17, 15) is 5.26 Å². The molecule has 0 aliphatic heterocycles. The number of aromatic nitrogens is 1. The van der Waals surface area contributed by atoms with Crippen LogP contribution in [0.1, 0.15) is 5.56 Å². The van der Waals surface area contributed by atoms with E-state index in [4.69, 9.17) is 12.2 Å². The molecule has 0 atom stereocenters. The monoisotopic (exact) mass is 288 g/mol. The molecule has 2 aromatic carbocycles. The first kappa shape index (κ1) is 13.3. The summed E-state index contributed by atoms with van der Waals surface area (Å²) in [6.45, 7) is 0. The van der Waals surface area contributed by atoms with Crippen molar-refractivity contribution in [2.75, 3.05) is 0 Å². The number of pyridine rings is 1. The van der Waals surface area contributed by atoms with Crippen molar-refractivity contribution in [3.05, 3.63) is 76.9 Å². The molecule has 1 N–H and O–H groups in total. The highest BCUT2D eigenvalue weighted by Crippen LogP contribution is 2.28. The predicted octanol–water partition coefficient (Wildman–Crippen LogP) is 4.95. The number of hydrogen-bond acceptors (Lipinski definition) is 2. The van der Waals surface area contributed by atoms with Crippen LogP contribution in [0.3, 0.4) is 0 Å². The molecule has 3 aromatic rings. The summed E-state index contributed by atoms with van der Waals surface area (Å²) in [5, 5.41) is 9.39. The van der Waals surface area contributed by atoms with Crippen molar-refractivity contribution in [1.29, 1.82) is 5.26 Å². The summed E-state index contributed by atoms with van der Waals surface area (Å²) >= 11 is 5.35. The Labute approximate surface area is 128 Å². The molecule has 100 valence electrons. The third-order valence-corrected chi connectivity index (χ3v) is 3.62. The van der Waals surface area contributed by atoms with E-state index >= 15 is 0 Å². The third kappa shape index (κ3) is 2.62. The Hall–Kier alpha value is -2.70. The zero-order valence-electron chi connectivity index (χ0n) is 11.2. The molecule has 0 amide bonds. The average molecular weight is 288 g/mol. The summed E-state index contributed by atoms with van der Waals surface area (Å²) in [7, 11) is 0. The second-order valence-corrected chi connectivity index (χ2v) is 5.05. The summed E-state index contributed by atoms with van der Waals surface area (Å²) in [6, 6.07) is 24.0. The fraction of sp³-hybridized carbons (Fsp3) is 0. The molecule has 0 saturated carbocycles. The maximum Gasteiger partial charge on any atom is 0.122 e. The van der Waals surface area contributed by atoms with Gasteiger partial charge in [0.05, 0.1) is 5.56 Å². The molecule has 1 heterocycles. The van der Waals surface area contributed by atoms with Gasteiger partial charge in [0.15, 0.2) is 0 Å². The van der Waals surface area contributed by atoms with Crippen LogP contribution in [0.2, 0.25) is 0 Å². The van der Waals surface area contributed by atoms with E-state index < -0.39 is 0 Å². The Bertz CT molecular complexity index is 859. The lowest BCUT2D eigenvalue weighted by Gasteiger charge is -2.09. The second-order valence-electron chi connectivity index (χ2n) is 4.64. The maximum absolute atomic E-state index is 9.39. The first-order valence-corrected chi connectivity index (χ1v) is 6.98. The van der Waals surface area contributed by atoms with Crippen molar-refractivity contribution in [1.82, 2.24) is 4.98 Å². The lowest BCUT2D eigenvalue weighted by Crippen LogP contribution is -1.92. The van der Waals surface area contributed by atoms with E-state index in [2.05, 4.69) is 11.1 Å². The molecule has 0 saturated heterocycles. The van der Waals surface area contributed by atoms with Crippen molar-refractivity contribution < 1.29 is 0 Å². The van der Waals surface area contributed by atoms with Gasteiger partial charge in [0, 0.05) is 11.3 Å².